The molecule has 0 aliphatic rings. The van der Waals surface area contributed by atoms with Crippen LogP contribution < -0.4 is 0 Å². The lowest BCUT2D eigenvalue weighted by molar-refractivity contribution is 0.630. The van der Waals surface area contributed by atoms with Crippen molar-refractivity contribution in [1.82, 2.24) is 4.98 Å². The molecule has 1 aromatic carbocycles. The highest BCUT2D eigenvalue weighted by atomic mass is 79.9. The average Bonchev–Trinajstić information content (AvgIpc) is 2.26. The minimum absolute atomic E-state index is 0.0410. The molecule has 0 N–H and O–H groups in total. The molecule has 0 unspecified atom stereocenters. The summed E-state index contributed by atoms with van der Waals surface area (Å²) in [6.07, 6.45) is 0. The van der Waals surface area contributed by atoms with Gasteiger partial charge in [0.15, 0.2) is 5.82 Å². The lowest BCUT2D eigenvalue weighted by Gasteiger charge is -2.05. The van der Waals surface area contributed by atoms with Gasteiger partial charge < -0.3 is 0 Å². The van der Waals surface area contributed by atoms with Gasteiger partial charge in [0.1, 0.15) is 5.15 Å². The van der Waals surface area contributed by atoms with Gasteiger partial charge in [-0.3, -0.25) is 0 Å². The van der Waals surface area contributed by atoms with Crippen LogP contribution in [0.4, 0.5) is 4.39 Å². The fourth-order valence-electron chi connectivity index (χ4n) is 1.28. The van der Waals surface area contributed by atoms with Gasteiger partial charge in [0.05, 0.1) is 10.7 Å². The van der Waals surface area contributed by atoms with E-state index in [1.165, 1.54) is 0 Å². The van der Waals surface area contributed by atoms with E-state index >= 15 is 0 Å². The summed E-state index contributed by atoms with van der Waals surface area (Å²) in [5.41, 5.74) is 0.787. The summed E-state index contributed by atoms with van der Waals surface area (Å²) in [5, 5.41) is 0.357. The predicted molar refractivity (Wildman–Crippen MR) is 67.4 cm³/mol. The molecular formula is C11H5BrCl2FN. The molecule has 2 aromatic rings. The molecule has 2 rings (SSSR count). The molecular weight excluding hydrogens is 316 g/mol. The second-order valence-electron chi connectivity index (χ2n) is 3.07. The topological polar surface area (TPSA) is 12.9 Å². The normalized spacial score (nSPS) is 10.5. The molecule has 0 aliphatic heterocycles. The highest BCUT2D eigenvalue weighted by molar-refractivity contribution is 9.10. The maximum absolute atomic E-state index is 13.8. The summed E-state index contributed by atoms with van der Waals surface area (Å²) in [5.74, 6) is -0.509. The van der Waals surface area contributed by atoms with Crippen molar-refractivity contribution in [3.8, 4) is 11.3 Å². The van der Waals surface area contributed by atoms with E-state index in [0.717, 1.165) is 0 Å². The van der Waals surface area contributed by atoms with Crippen molar-refractivity contribution < 1.29 is 4.39 Å². The number of nitrogens with zero attached hydrogens (tertiary/aromatic N) is 1. The average molecular weight is 321 g/mol. The standard InChI is InChI=1S/C11H5BrCl2FN/c12-7-5-4-6(11(15)10(7)14)8-2-1-3-9(13)16-8/h1-5H. The van der Waals surface area contributed by atoms with Crippen LogP contribution in [-0.2, 0) is 0 Å². The van der Waals surface area contributed by atoms with Crippen molar-refractivity contribution in [2.75, 3.05) is 0 Å². The number of benzene rings is 1. The maximum Gasteiger partial charge on any atom is 0.152 e. The Bertz CT molecular complexity index is 546. The zero-order valence-electron chi connectivity index (χ0n) is 7.85. The first-order valence-corrected chi connectivity index (χ1v) is 5.91. The van der Waals surface area contributed by atoms with Gasteiger partial charge in [-0.05, 0) is 40.2 Å². The Kier molecular flexibility index (Phi) is 3.47. The number of rotatable bonds is 1. The number of aromatic nitrogens is 1. The van der Waals surface area contributed by atoms with Gasteiger partial charge in [-0.2, -0.15) is 0 Å². The molecule has 0 saturated heterocycles. The minimum Gasteiger partial charge on any atom is -0.236 e. The Morgan fingerprint density at radius 2 is 1.88 bits per heavy atom. The lowest BCUT2D eigenvalue weighted by atomic mass is 10.1. The first-order valence-electron chi connectivity index (χ1n) is 4.36. The van der Waals surface area contributed by atoms with Crippen LogP contribution in [0.25, 0.3) is 11.3 Å². The molecule has 1 heterocycles. The van der Waals surface area contributed by atoms with Gasteiger partial charge in [-0.1, -0.05) is 29.3 Å². The lowest BCUT2D eigenvalue weighted by Crippen LogP contribution is -1.89. The summed E-state index contributed by atoms with van der Waals surface area (Å²) in [7, 11) is 0. The van der Waals surface area contributed by atoms with Crippen molar-refractivity contribution in [2.45, 2.75) is 0 Å². The van der Waals surface area contributed by atoms with Gasteiger partial charge >= 0.3 is 0 Å². The van der Waals surface area contributed by atoms with Crippen molar-refractivity contribution >= 4 is 39.1 Å². The summed E-state index contributed by atoms with van der Waals surface area (Å²) in [4.78, 5) is 4.03. The highest BCUT2D eigenvalue weighted by Gasteiger charge is 2.12. The van der Waals surface area contributed by atoms with Crippen LogP contribution in [0.15, 0.2) is 34.8 Å². The molecule has 1 nitrogen and oxygen atoms in total. The molecule has 0 saturated carbocycles. The van der Waals surface area contributed by atoms with Gasteiger partial charge in [-0.25, -0.2) is 9.37 Å². The number of halogens is 4. The van der Waals surface area contributed by atoms with E-state index in [0.29, 0.717) is 20.9 Å². The fraction of sp³-hybridized carbons (Fsp3) is 0. The molecule has 82 valence electrons. The Hall–Kier alpha value is -0.640. The number of hydrogen-bond acceptors (Lipinski definition) is 1. The van der Waals surface area contributed by atoms with Gasteiger partial charge in [0, 0.05) is 10.0 Å². The predicted octanol–water partition coefficient (Wildman–Crippen LogP) is 4.96. The zero-order valence-corrected chi connectivity index (χ0v) is 10.9. The van der Waals surface area contributed by atoms with Crippen molar-refractivity contribution in [1.29, 1.82) is 0 Å². The SMILES string of the molecule is Fc1c(-c2cccc(Cl)n2)ccc(Br)c1Cl. The molecule has 0 bridgehead atoms. The summed E-state index contributed by atoms with van der Waals surface area (Å²) >= 11 is 14.7. The summed E-state index contributed by atoms with van der Waals surface area (Å²) in [6, 6.07) is 8.28. The van der Waals surface area contributed by atoms with Crippen molar-refractivity contribution in [3.05, 3.63) is 50.8 Å². The Balaban J connectivity index is 2.61. The van der Waals surface area contributed by atoms with Crippen LogP contribution in [-0.4, -0.2) is 4.98 Å². The highest BCUT2D eigenvalue weighted by Crippen LogP contribution is 2.32. The van der Waals surface area contributed by atoms with Crippen LogP contribution in [0, 0.1) is 5.82 Å². The van der Waals surface area contributed by atoms with E-state index in [4.69, 9.17) is 23.2 Å². The maximum atomic E-state index is 13.8. The summed E-state index contributed by atoms with van der Waals surface area (Å²) < 4.78 is 14.3. The third-order valence-electron chi connectivity index (χ3n) is 2.03. The van der Waals surface area contributed by atoms with E-state index < -0.39 is 5.82 Å². The van der Waals surface area contributed by atoms with Gasteiger partial charge in [0.25, 0.3) is 0 Å². The van der Waals surface area contributed by atoms with Crippen molar-refractivity contribution in [3.63, 3.8) is 0 Å². The van der Waals surface area contributed by atoms with Crippen LogP contribution in [0.1, 0.15) is 0 Å². The van der Waals surface area contributed by atoms with E-state index in [1.54, 1.807) is 30.3 Å². The monoisotopic (exact) mass is 319 g/mol. The third-order valence-corrected chi connectivity index (χ3v) is 3.50. The second-order valence-corrected chi connectivity index (χ2v) is 4.69. The Morgan fingerprint density at radius 1 is 1.12 bits per heavy atom. The smallest absolute Gasteiger partial charge is 0.152 e. The van der Waals surface area contributed by atoms with E-state index in [9.17, 15) is 4.39 Å². The van der Waals surface area contributed by atoms with Crippen LogP contribution in [0.3, 0.4) is 0 Å². The molecule has 0 spiro atoms. The van der Waals surface area contributed by atoms with Crippen molar-refractivity contribution in [2.24, 2.45) is 0 Å². The van der Waals surface area contributed by atoms with Crippen LogP contribution in [0.2, 0.25) is 10.2 Å². The summed E-state index contributed by atoms with van der Waals surface area (Å²) in [6.45, 7) is 0. The number of hydrogen-bond donors (Lipinski definition) is 0. The molecule has 0 aliphatic carbocycles. The molecule has 5 heteroatoms. The minimum atomic E-state index is -0.509. The first kappa shape index (κ1) is 11.8. The molecule has 0 atom stereocenters. The van der Waals surface area contributed by atoms with Gasteiger partial charge in [-0.15, -0.1) is 0 Å². The fourth-order valence-corrected chi connectivity index (χ4v) is 1.92. The van der Waals surface area contributed by atoms with Crippen LogP contribution >= 0.6 is 39.1 Å². The molecule has 0 radical (unpaired) electrons. The zero-order chi connectivity index (χ0) is 11.7. The Labute approximate surface area is 110 Å². The van der Waals surface area contributed by atoms with E-state index in [-0.39, 0.29) is 5.02 Å². The van der Waals surface area contributed by atoms with Gasteiger partial charge in [0.2, 0.25) is 0 Å². The largest absolute Gasteiger partial charge is 0.236 e. The third kappa shape index (κ3) is 2.21. The Morgan fingerprint density at radius 3 is 2.56 bits per heavy atom. The molecule has 1 aromatic heterocycles. The van der Waals surface area contributed by atoms with E-state index in [1.807, 2.05) is 0 Å². The molecule has 16 heavy (non-hydrogen) atoms. The van der Waals surface area contributed by atoms with Crippen LogP contribution in [0.5, 0.6) is 0 Å². The van der Waals surface area contributed by atoms with E-state index in [2.05, 4.69) is 20.9 Å². The second kappa shape index (κ2) is 4.70. The molecule has 0 amide bonds. The first-order chi connectivity index (χ1) is 7.59. The quantitative estimate of drug-likeness (QED) is 0.534. The molecule has 0 fully saturated rings. The number of pyridine rings is 1.